The molecule has 1 aromatic heterocycles. The summed E-state index contributed by atoms with van der Waals surface area (Å²) in [6, 6.07) is 6.15. The van der Waals surface area contributed by atoms with E-state index in [9.17, 15) is 0 Å². The largest absolute Gasteiger partial charge is 0.488 e. The van der Waals surface area contributed by atoms with Crippen LogP contribution in [0.15, 0.2) is 18.2 Å². The maximum absolute atomic E-state index is 6.19. The van der Waals surface area contributed by atoms with Crippen molar-refractivity contribution in [2.45, 2.75) is 25.8 Å². The third-order valence-corrected chi connectivity index (χ3v) is 4.08. The van der Waals surface area contributed by atoms with Gasteiger partial charge >= 0.3 is 0 Å². The fraction of sp³-hybridized carbons (Fsp3) is 0.357. The lowest BCUT2D eigenvalue weighted by Gasteiger charge is -2.10. The normalized spacial score (nSPS) is 10.8. The Morgan fingerprint density at radius 1 is 1.37 bits per heavy atom. The second-order valence-corrected chi connectivity index (χ2v) is 5.43. The van der Waals surface area contributed by atoms with Gasteiger partial charge in [0.2, 0.25) is 0 Å². The summed E-state index contributed by atoms with van der Waals surface area (Å²) >= 11 is 9.67. The first-order valence-corrected chi connectivity index (χ1v) is 7.49. The lowest BCUT2D eigenvalue weighted by Crippen LogP contribution is -1.99. The molecule has 0 fully saturated rings. The number of hydrogen-bond donors (Lipinski definition) is 0. The van der Waals surface area contributed by atoms with Crippen LogP contribution >= 0.6 is 27.5 Å². The van der Waals surface area contributed by atoms with Gasteiger partial charge in [-0.15, -0.1) is 0 Å². The molecule has 1 heterocycles. The zero-order valence-corrected chi connectivity index (χ0v) is 13.5. The van der Waals surface area contributed by atoms with Crippen molar-refractivity contribution in [2.75, 3.05) is 0 Å². The first-order chi connectivity index (χ1) is 9.02. The predicted octanol–water partition coefficient (Wildman–Crippen LogP) is 4.16. The van der Waals surface area contributed by atoms with Crippen molar-refractivity contribution in [1.82, 2.24) is 9.78 Å². The molecule has 5 heteroatoms. The van der Waals surface area contributed by atoms with E-state index in [1.54, 1.807) is 4.68 Å². The highest BCUT2D eigenvalue weighted by atomic mass is 79.9. The van der Waals surface area contributed by atoms with Crippen LogP contribution in [0.1, 0.15) is 22.4 Å². The Morgan fingerprint density at radius 3 is 2.68 bits per heavy atom. The minimum absolute atomic E-state index is 0.432. The van der Waals surface area contributed by atoms with Crippen molar-refractivity contribution in [1.29, 1.82) is 0 Å². The standard InChI is InChI=1S/C14H16BrClN2O/c1-9-4-5-13(11(6-9)7-15)19-8-12-10(2)17-18(3)14(12)16/h4-6H,7-8H2,1-3H3. The molecule has 0 radical (unpaired) electrons. The Bertz CT molecular complexity index is 595. The second-order valence-electron chi connectivity index (χ2n) is 4.51. The summed E-state index contributed by atoms with van der Waals surface area (Å²) in [5, 5.41) is 5.67. The molecule has 0 aliphatic heterocycles. The van der Waals surface area contributed by atoms with E-state index >= 15 is 0 Å². The lowest BCUT2D eigenvalue weighted by atomic mass is 10.1. The van der Waals surface area contributed by atoms with Crippen molar-refractivity contribution in [3.63, 3.8) is 0 Å². The summed E-state index contributed by atoms with van der Waals surface area (Å²) in [7, 11) is 1.83. The van der Waals surface area contributed by atoms with Crippen LogP contribution in [0.3, 0.4) is 0 Å². The average Bonchev–Trinajstić information content (AvgIpc) is 2.62. The fourth-order valence-corrected chi connectivity index (χ4v) is 2.61. The Hall–Kier alpha value is -1.000. The number of nitrogens with zero attached hydrogens (tertiary/aromatic N) is 2. The molecule has 19 heavy (non-hydrogen) atoms. The summed E-state index contributed by atoms with van der Waals surface area (Å²) in [6.45, 7) is 4.44. The van der Waals surface area contributed by atoms with E-state index in [0.29, 0.717) is 11.8 Å². The molecule has 0 spiro atoms. The summed E-state index contributed by atoms with van der Waals surface area (Å²) in [5.41, 5.74) is 4.19. The molecule has 0 bridgehead atoms. The second kappa shape index (κ2) is 5.97. The SMILES string of the molecule is Cc1ccc(OCc2c(C)nn(C)c2Cl)c(CBr)c1. The molecule has 0 N–H and O–H groups in total. The lowest BCUT2D eigenvalue weighted by molar-refractivity contribution is 0.303. The summed E-state index contributed by atoms with van der Waals surface area (Å²) in [6.07, 6.45) is 0. The minimum atomic E-state index is 0.432. The van der Waals surface area contributed by atoms with Crippen LogP contribution in [0.2, 0.25) is 5.15 Å². The maximum atomic E-state index is 6.19. The van der Waals surface area contributed by atoms with Crippen molar-refractivity contribution in [3.8, 4) is 5.75 Å². The monoisotopic (exact) mass is 342 g/mol. The van der Waals surface area contributed by atoms with Crippen LogP contribution in [0.5, 0.6) is 5.75 Å². The first-order valence-electron chi connectivity index (χ1n) is 5.99. The molecule has 0 unspecified atom stereocenters. The van der Waals surface area contributed by atoms with Crippen molar-refractivity contribution in [3.05, 3.63) is 45.7 Å². The highest BCUT2D eigenvalue weighted by molar-refractivity contribution is 9.08. The van der Waals surface area contributed by atoms with E-state index in [2.05, 4.69) is 34.0 Å². The summed E-state index contributed by atoms with van der Waals surface area (Å²) < 4.78 is 7.54. The smallest absolute Gasteiger partial charge is 0.133 e. The molecule has 102 valence electrons. The van der Waals surface area contributed by atoms with Gasteiger partial charge in [-0.1, -0.05) is 45.2 Å². The molecule has 3 nitrogen and oxygen atoms in total. The van der Waals surface area contributed by atoms with Crippen molar-refractivity contribution in [2.24, 2.45) is 7.05 Å². The molecule has 0 aliphatic carbocycles. The summed E-state index contributed by atoms with van der Waals surface area (Å²) in [4.78, 5) is 0. The van der Waals surface area contributed by atoms with Crippen LogP contribution in [0.25, 0.3) is 0 Å². The van der Waals surface area contributed by atoms with Crippen LogP contribution in [0.4, 0.5) is 0 Å². The van der Waals surface area contributed by atoms with E-state index in [0.717, 1.165) is 27.9 Å². The number of benzene rings is 1. The highest BCUT2D eigenvalue weighted by Crippen LogP contribution is 2.25. The van der Waals surface area contributed by atoms with E-state index < -0.39 is 0 Å². The maximum Gasteiger partial charge on any atom is 0.133 e. The van der Waals surface area contributed by atoms with Gasteiger partial charge in [-0.3, -0.25) is 4.68 Å². The topological polar surface area (TPSA) is 27.1 Å². The van der Waals surface area contributed by atoms with Gasteiger partial charge in [0, 0.05) is 23.5 Å². The predicted molar refractivity (Wildman–Crippen MR) is 81.1 cm³/mol. The molecular formula is C14H16BrClN2O. The zero-order chi connectivity index (χ0) is 14.0. The molecular weight excluding hydrogens is 328 g/mol. The van der Waals surface area contributed by atoms with E-state index in [4.69, 9.17) is 16.3 Å². The van der Waals surface area contributed by atoms with Crippen LogP contribution in [0, 0.1) is 13.8 Å². The number of aromatic nitrogens is 2. The van der Waals surface area contributed by atoms with E-state index in [1.807, 2.05) is 26.1 Å². The van der Waals surface area contributed by atoms with Gasteiger partial charge in [-0.05, 0) is 19.9 Å². The number of halogens is 2. The van der Waals surface area contributed by atoms with Crippen LogP contribution < -0.4 is 4.74 Å². The van der Waals surface area contributed by atoms with E-state index in [-0.39, 0.29) is 0 Å². The van der Waals surface area contributed by atoms with E-state index in [1.165, 1.54) is 5.56 Å². The molecule has 0 amide bonds. The zero-order valence-electron chi connectivity index (χ0n) is 11.2. The molecule has 0 aliphatic rings. The molecule has 1 aromatic carbocycles. The number of aryl methyl sites for hydroxylation is 3. The number of hydrogen-bond acceptors (Lipinski definition) is 2. The Kier molecular flexibility index (Phi) is 4.53. The molecule has 0 saturated carbocycles. The quantitative estimate of drug-likeness (QED) is 0.779. The Labute approximate surface area is 126 Å². The Morgan fingerprint density at radius 2 is 2.11 bits per heavy atom. The number of alkyl halides is 1. The molecule has 0 saturated heterocycles. The first kappa shape index (κ1) is 14.4. The van der Waals surface area contributed by atoms with Crippen LogP contribution in [-0.2, 0) is 19.0 Å². The van der Waals surface area contributed by atoms with Gasteiger partial charge in [0.25, 0.3) is 0 Å². The molecule has 2 rings (SSSR count). The third-order valence-electron chi connectivity index (χ3n) is 3.00. The van der Waals surface area contributed by atoms with Gasteiger partial charge in [-0.25, -0.2) is 0 Å². The van der Waals surface area contributed by atoms with Crippen LogP contribution in [-0.4, -0.2) is 9.78 Å². The van der Waals surface area contributed by atoms with Gasteiger partial charge in [0.15, 0.2) is 0 Å². The fourth-order valence-electron chi connectivity index (χ4n) is 1.94. The average molecular weight is 344 g/mol. The van der Waals surface area contributed by atoms with Crippen molar-refractivity contribution < 1.29 is 4.74 Å². The molecule has 0 atom stereocenters. The summed E-state index contributed by atoms with van der Waals surface area (Å²) in [5.74, 6) is 0.877. The number of ether oxygens (including phenoxy) is 1. The van der Waals surface area contributed by atoms with Gasteiger partial charge in [-0.2, -0.15) is 5.10 Å². The third kappa shape index (κ3) is 3.12. The number of rotatable bonds is 4. The van der Waals surface area contributed by atoms with Crippen molar-refractivity contribution >= 4 is 27.5 Å². The van der Waals surface area contributed by atoms with Gasteiger partial charge < -0.3 is 4.74 Å². The minimum Gasteiger partial charge on any atom is -0.488 e. The van der Waals surface area contributed by atoms with Gasteiger partial charge in [0.05, 0.1) is 5.69 Å². The van der Waals surface area contributed by atoms with Gasteiger partial charge in [0.1, 0.15) is 17.5 Å². The Balaban J connectivity index is 2.19. The molecule has 2 aromatic rings. The highest BCUT2D eigenvalue weighted by Gasteiger charge is 2.12.